The molecular weight excluding hydrogens is 618 g/mol. The van der Waals surface area contributed by atoms with Gasteiger partial charge in [0.05, 0.1) is 38.5 Å². The van der Waals surface area contributed by atoms with Gasteiger partial charge in [-0.3, -0.25) is 18.1 Å². The van der Waals surface area contributed by atoms with E-state index in [1.54, 1.807) is 4.57 Å². The minimum absolute atomic E-state index is 0.00795. The van der Waals surface area contributed by atoms with E-state index in [9.17, 15) is 28.9 Å². The molecule has 0 radical (unpaired) electrons. The second kappa shape index (κ2) is 11.4. The molecule has 232 valence electrons. The van der Waals surface area contributed by atoms with Gasteiger partial charge in [-0.1, -0.05) is 0 Å². The SMILES string of the molecule is Nc1ncnc2c1ncn2[C@@H]1CO[C@H](COP(=O)(O)O[C@H]2C[C@H](n3cnc4c(N)ncnc43)O[C@@H]2COP(=O)(O)O)[C@H]1O. The number of phosphoric acid groups is 2. The highest BCUT2D eigenvalue weighted by Crippen LogP contribution is 2.50. The predicted octanol–water partition coefficient (Wildman–Crippen LogP) is -0.970. The quantitative estimate of drug-likeness (QED) is 0.113. The summed E-state index contributed by atoms with van der Waals surface area (Å²) in [6, 6.07) is -0.659. The summed E-state index contributed by atoms with van der Waals surface area (Å²) < 4.78 is 53.9. The van der Waals surface area contributed by atoms with E-state index in [1.807, 2.05) is 0 Å². The monoisotopic (exact) mass is 644 g/mol. The van der Waals surface area contributed by atoms with Crippen LogP contribution in [-0.4, -0.2) is 103 Å². The van der Waals surface area contributed by atoms with Crippen molar-refractivity contribution in [2.45, 2.75) is 43.1 Å². The van der Waals surface area contributed by atoms with E-state index < -0.39 is 65.5 Å². The maximum Gasteiger partial charge on any atom is 0.472 e. The molecule has 23 heteroatoms. The number of rotatable bonds is 10. The minimum atomic E-state index is -4.92. The topological polar surface area (TPSA) is 300 Å². The van der Waals surface area contributed by atoms with Crippen LogP contribution < -0.4 is 11.5 Å². The molecule has 4 aromatic rings. The highest BCUT2D eigenvalue weighted by Gasteiger charge is 2.45. The van der Waals surface area contributed by atoms with Crippen LogP contribution >= 0.6 is 15.6 Å². The first-order valence-corrected chi connectivity index (χ1v) is 15.6. The molecule has 6 heterocycles. The third-order valence-corrected chi connectivity index (χ3v) is 8.45. The lowest BCUT2D eigenvalue weighted by Crippen LogP contribution is -2.32. The number of fused-ring (bicyclic) bond motifs is 2. The first-order valence-electron chi connectivity index (χ1n) is 12.6. The number of hydrogen-bond acceptors (Lipinski definition) is 16. The zero-order valence-electron chi connectivity index (χ0n) is 21.9. The number of aliphatic hydroxyl groups is 1. The van der Waals surface area contributed by atoms with Crippen LogP contribution in [0.25, 0.3) is 22.3 Å². The van der Waals surface area contributed by atoms with Crippen LogP contribution in [0.4, 0.5) is 11.6 Å². The van der Waals surface area contributed by atoms with E-state index in [-0.39, 0.29) is 35.8 Å². The normalized spacial score (nSPS) is 27.7. The molecule has 0 aliphatic carbocycles. The molecule has 0 bridgehead atoms. The van der Waals surface area contributed by atoms with Crippen LogP contribution in [0.15, 0.2) is 25.3 Å². The van der Waals surface area contributed by atoms with Gasteiger partial charge in [-0.15, -0.1) is 0 Å². The van der Waals surface area contributed by atoms with Gasteiger partial charge in [0.2, 0.25) is 0 Å². The van der Waals surface area contributed by atoms with Crippen molar-refractivity contribution in [3.63, 3.8) is 0 Å². The molecule has 0 amide bonds. The van der Waals surface area contributed by atoms with Crippen molar-refractivity contribution in [2.24, 2.45) is 0 Å². The van der Waals surface area contributed by atoms with Gasteiger partial charge >= 0.3 is 15.6 Å². The number of nitrogens with zero attached hydrogens (tertiary/aromatic N) is 8. The van der Waals surface area contributed by atoms with E-state index in [4.69, 9.17) is 30.0 Å². The zero-order valence-corrected chi connectivity index (χ0v) is 23.7. The van der Waals surface area contributed by atoms with Crippen molar-refractivity contribution in [3.05, 3.63) is 25.3 Å². The van der Waals surface area contributed by atoms with E-state index in [0.29, 0.717) is 11.2 Å². The Labute approximate surface area is 240 Å². The first-order chi connectivity index (χ1) is 20.4. The third kappa shape index (κ3) is 6.10. The molecule has 7 atom stereocenters. The highest BCUT2D eigenvalue weighted by molar-refractivity contribution is 7.47. The van der Waals surface area contributed by atoms with Gasteiger partial charge in [0.15, 0.2) is 22.9 Å². The summed E-state index contributed by atoms with van der Waals surface area (Å²) in [5.41, 5.74) is 12.9. The molecule has 21 nitrogen and oxygen atoms in total. The lowest BCUT2D eigenvalue weighted by atomic mass is 10.1. The summed E-state index contributed by atoms with van der Waals surface area (Å²) >= 11 is 0. The summed E-state index contributed by atoms with van der Waals surface area (Å²) in [5, 5.41) is 10.9. The molecule has 2 fully saturated rings. The lowest BCUT2D eigenvalue weighted by Gasteiger charge is -2.23. The van der Waals surface area contributed by atoms with Crippen molar-refractivity contribution in [1.82, 2.24) is 39.0 Å². The van der Waals surface area contributed by atoms with Gasteiger partial charge < -0.3 is 45.3 Å². The summed E-state index contributed by atoms with van der Waals surface area (Å²) in [5.74, 6) is 0.276. The Bertz CT molecular complexity index is 1730. The van der Waals surface area contributed by atoms with Crippen LogP contribution in [0.5, 0.6) is 0 Å². The predicted molar refractivity (Wildman–Crippen MR) is 141 cm³/mol. The average Bonchev–Trinajstić information content (AvgIpc) is 3.72. The Kier molecular flexibility index (Phi) is 7.90. The molecule has 2 saturated heterocycles. The molecule has 1 unspecified atom stereocenters. The molecule has 4 aromatic heterocycles. The number of nitrogen functional groups attached to an aromatic ring is 2. The number of imidazole rings is 2. The standard InChI is InChI=1S/C20H26N10O11P2/c21-17-14-19(25-5-23-17)29(7-27-14)9-2-37-12(16(9)31)4-39-43(35,36)41-10-1-13(40-11(10)3-38-42(32,33)34)30-8-28-15-18(22)24-6-26-20(15)30/h5-13,16,31H,1-4H2,(H,35,36)(H2,21,23,25)(H2,22,24,26)(H2,32,33,34)/t9-,10+,11-,12-,13-,16+/m1/s1. The number of phosphoric ester groups is 2. The molecule has 0 spiro atoms. The van der Waals surface area contributed by atoms with Crippen molar-refractivity contribution in [3.8, 4) is 0 Å². The van der Waals surface area contributed by atoms with Gasteiger partial charge in [-0.25, -0.2) is 39.0 Å². The van der Waals surface area contributed by atoms with E-state index in [2.05, 4.69) is 34.4 Å². The Morgan fingerprint density at radius 1 is 0.884 bits per heavy atom. The van der Waals surface area contributed by atoms with Gasteiger partial charge in [-0.05, 0) is 0 Å². The second-order valence-corrected chi connectivity index (χ2v) is 12.3. The summed E-state index contributed by atoms with van der Waals surface area (Å²) in [6.07, 6.45) is -0.435. The first kappa shape index (κ1) is 29.9. The van der Waals surface area contributed by atoms with Gasteiger partial charge in [0, 0.05) is 6.42 Å². The number of ether oxygens (including phenoxy) is 2. The van der Waals surface area contributed by atoms with Crippen molar-refractivity contribution in [2.75, 3.05) is 31.3 Å². The largest absolute Gasteiger partial charge is 0.472 e. The lowest BCUT2D eigenvalue weighted by molar-refractivity contribution is -0.0460. The molecular formula is C20H26N10O11P2. The Balaban J connectivity index is 1.13. The molecule has 0 saturated carbocycles. The summed E-state index contributed by atoms with van der Waals surface area (Å²) in [4.78, 5) is 53.2. The molecule has 2 aliphatic rings. The minimum Gasteiger partial charge on any atom is -0.388 e. The smallest absolute Gasteiger partial charge is 0.388 e. The number of hydrogen-bond donors (Lipinski definition) is 6. The maximum absolute atomic E-state index is 13.0. The fraction of sp³-hybridized carbons (Fsp3) is 0.500. The van der Waals surface area contributed by atoms with Crippen LogP contribution in [0, 0.1) is 0 Å². The average molecular weight is 644 g/mol. The van der Waals surface area contributed by atoms with Crippen LogP contribution in [-0.2, 0) is 32.2 Å². The van der Waals surface area contributed by atoms with E-state index in [1.165, 1.54) is 29.9 Å². The Morgan fingerprint density at radius 2 is 1.49 bits per heavy atom. The fourth-order valence-corrected chi connectivity index (χ4v) is 6.23. The van der Waals surface area contributed by atoms with Crippen molar-refractivity contribution in [1.29, 1.82) is 0 Å². The summed E-state index contributed by atoms with van der Waals surface area (Å²) in [6.45, 7) is -1.22. The fourth-order valence-electron chi connectivity index (χ4n) is 4.92. The number of aromatic nitrogens is 8. The summed E-state index contributed by atoms with van der Waals surface area (Å²) in [7, 11) is -9.78. The van der Waals surface area contributed by atoms with Crippen molar-refractivity contribution >= 4 is 49.6 Å². The van der Waals surface area contributed by atoms with Crippen LogP contribution in [0.1, 0.15) is 18.7 Å². The highest BCUT2D eigenvalue weighted by atomic mass is 31.2. The van der Waals surface area contributed by atoms with Gasteiger partial charge in [0.1, 0.15) is 54.3 Å². The zero-order chi connectivity index (χ0) is 30.5. The number of aliphatic hydroxyl groups excluding tert-OH is 1. The van der Waals surface area contributed by atoms with Gasteiger partial charge in [-0.2, -0.15) is 0 Å². The molecule has 8 N–H and O–H groups in total. The van der Waals surface area contributed by atoms with E-state index in [0.717, 1.165) is 0 Å². The third-order valence-electron chi connectivity index (χ3n) is 6.96. The Morgan fingerprint density at radius 3 is 2.14 bits per heavy atom. The van der Waals surface area contributed by atoms with Crippen LogP contribution in [0.2, 0.25) is 0 Å². The molecule has 0 aromatic carbocycles. The van der Waals surface area contributed by atoms with Crippen LogP contribution in [0.3, 0.4) is 0 Å². The molecule has 2 aliphatic heterocycles. The second-order valence-electron chi connectivity index (χ2n) is 9.66. The molecule has 43 heavy (non-hydrogen) atoms. The van der Waals surface area contributed by atoms with Gasteiger partial charge in [0.25, 0.3) is 0 Å². The Hall–Kier alpha value is -3.20. The van der Waals surface area contributed by atoms with E-state index >= 15 is 0 Å². The molecule has 6 rings (SSSR count). The number of anilines is 2. The van der Waals surface area contributed by atoms with Crippen molar-refractivity contribution < 1.29 is 52.0 Å². The number of nitrogens with two attached hydrogens (primary N) is 2. The maximum atomic E-state index is 13.0.